The number of hydrogen-bond acceptors (Lipinski definition) is 2. The van der Waals surface area contributed by atoms with Crippen molar-refractivity contribution >= 4 is 27.5 Å². The molecule has 0 aliphatic carbocycles. The molecule has 0 bridgehead atoms. The van der Waals surface area contributed by atoms with Gasteiger partial charge >= 0.3 is 0 Å². The van der Waals surface area contributed by atoms with E-state index in [1.807, 2.05) is 0 Å². The molecule has 0 fully saturated rings. The van der Waals surface area contributed by atoms with Crippen molar-refractivity contribution < 1.29 is 8.81 Å². The fourth-order valence-electron chi connectivity index (χ4n) is 1.55. The lowest BCUT2D eigenvalue weighted by molar-refractivity contribution is 0.466. The summed E-state index contributed by atoms with van der Waals surface area (Å²) in [6.45, 7) is 0. The summed E-state index contributed by atoms with van der Waals surface area (Å²) in [4.78, 5) is 0. The Labute approximate surface area is 112 Å². The zero-order chi connectivity index (χ0) is 12.4. The van der Waals surface area contributed by atoms with Crippen molar-refractivity contribution in [3.8, 4) is 0 Å². The lowest BCUT2D eigenvalue weighted by Gasteiger charge is -2.09. The molecule has 2 nitrogen and oxygen atoms in total. The third kappa shape index (κ3) is 3.09. The van der Waals surface area contributed by atoms with Gasteiger partial charge in [0.25, 0.3) is 0 Å². The zero-order valence-corrected chi connectivity index (χ0v) is 11.1. The van der Waals surface area contributed by atoms with Crippen LogP contribution in [0.15, 0.2) is 39.2 Å². The van der Waals surface area contributed by atoms with Crippen molar-refractivity contribution in [2.75, 3.05) is 0 Å². The Balaban J connectivity index is 2.12. The summed E-state index contributed by atoms with van der Waals surface area (Å²) < 4.78 is 18.7. The van der Waals surface area contributed by atoms with Crippen LogP contribution in [0, 0.1) is 5.82 Å². The highest BCUT2D eigenvalue weighted by molar-refractivity contribution is 9.10. The van der Waals surface area contributed by atoms with E-state index in [2.05, 4.69) is 15.9 Å². The maximum absolute atomic E-state index is 13.0. The summed E-state index contributed by atoms with van der Waals surface area (Å²) in [5.41, 5.74) is 6.90. The van der Waals surface area contributed by atoms with E-state index in [9.17, 15) is 4.39 Å². The van der Waals surface area contributed by atoms with Crippen molar-refractivity contribution in [2.45, 2.75) is 12.5 Å². The molecule has 2 N–H and O–H groups in total. The molecule has 1 aromatic carbocycles. The van der Waals surface area contributed by atoms with Gasteiger partial charge in [-0.25, -0.2) is 4.39 Å². The third-order valence-electron chi connectivity index (χ3n) is 2.40. The van der Waals surface area contributed by atoms with E-state index in [0.29, 0.717) is 21.9 Å². The Morgan fingerprint density at radius 1 is 1.35 bits per heavy atom. The topological polar surface area (TPSA) is 39.2 Å². The summed E-state index contributed by atoms with van der Waals surface area (Å²) >= 11 is 8.81. The van der Waals surface area contributed by atoms with E-state index in [0.717, 1.165) is 5.56 Å². The highest BCUT2D eigenvalue weighted by atomic mass is 79.9. The van der Waals surface area contributed by atoms with E-state index in [1.54, 1.807) is 24.3 Å². The van der Waals surface area contributed by atoms with Gasteiger partial charge in [-0.1, -0.05) is 6.07 Å². The molecule has 5 heteroatoms. The van der Waals surface area contributed by atoms with Crippen molar-refractivity contribution in [3.05, 3.63) is 57.2 Å². The largest absolute Gasteiger partial charge is 0.448 e. The Morgan fingerprint density at radius 3 is 2.71 bits per heavy atom. The van der Waals surface area contributed by atoms with Crippen LogP contribution in [-0.2, 0) is 6.42 Å². The van der Waals surface area contributed by atoms with Gasteiger partial charge in [0.1, 0.15) is 11.6 Å². The molecule has 1 unspecified atom stereocenters. The molecule has 0 spiro atoms. The molecule has 0 saturated heterocycles. The minimum absolute atomic E-state index is 0.289. The monoisotopic (exact) mass is 317 g/mol. The van der Waals surface area contributed by atoms with E-state index >= 15 is 0 Å². The van der Waals surface area contributed by atoms with E-state index in [4.69, 9.17) is 21.8 Å². The van der Waals surface area contributed by atoms with Crippen molar-refractivity contribution in [1.29, 1.82) is 0 Å². The smallest absolute Gasteiger partial charge is 0.193 e. The first-order valence-corrected chi connectivity index (χ1v) is 6.18. The van der Waals surface area contributed by atoms with Gasteiger partial charge in [-0.05, 0) is 63.8 Å². The number of benzene rings is 1. The lowest BCUT2D eigenvalue weighted by atomic mass is 10.0. The molecule has 0 radical (unpaired) electrons. The van der Waals surface area contributed by atoms with Crippen LogP contribution in [-0.4, -0.2) is 0 Å². The highest BCUT2D eigenvalue weighted by Crippen LogP contribution is 2.23. The molecule has 1 atom stereocenters. The van der Waals surface area contributed by atoms with Gasteiger partial charge < -0.3 is 10.2 Å². The fourth-order valence-corrected chi connectivity index (χ4v) is 2.13. The van der Waals surface area contributed by atoms with Crippen LogP contribution in [0.5, 0.6) is 0 Å². The predicted octanol–water partition coefficient (Wildman–Crippen LogP) is 4.08. The average molecular weight is 319 g/mol. The van der Waals surface area contributed by atoms with Gasteiger partial charge in [-0.2, -0.15) is 0 Å². The number of furan rings is 1. The van der Waals surface area contributed by atoms with Crippen LogP contribution in [0.4, 0.5) is 4.39 Å². The molecule has 0 amide bonds. The van der Waals surface area contributed by atoms with Crippen LogP contribution in [0.2, 0.25) is 5.22 Å². The summed E-state index contributed by atoms with van der Waals surface area (Å²) in [6, 6.07) is 7.91. The Morgan fingerprint density at radius 2 is 2.12 bits per heavy atom. The molecule has 17 heavy (non-hydrogen) atoms. The number of nitrogens with two attached hydrogens (primary N) is 1. The van der Waals surface area contributed by atoms with E-state index < -0.39 is 0 Å². The molecule has 0 aliphatic rings. The molecule has 2 aromatic rings. The summed E-state index contributed by atoms with van der Waals surface area (Å²) in [5, 5.41) is 0.315. The van der Waals surface area contributed by atoms with E-state index in [1.165, 1.54) is 6.07 Å². The first-order chi connectivity index (χ1) is 8.06. The van der Waals surface area contributed by atoms with Gasteiger partial charge in [0, 0.05) is 0 Å². The Hall–Kier alpha value is -0.840. The van der Waals surface area contributed by atoms with Crippen molar-refractivity contribution in [1.82, 2.24) is 0 Å². The van der Waals surface area contributed by atoms with Gasteiger partial charge in [0.05, 0.1) is 10.5 Å². The standard InChI is InChI=1S/C12H10BrClFNO/c13-8-5-7(1-2-9(8)15)6-10(16)11-3-4-12(14)17-11/h1-5,10H,6,16H2. The molecule has 0 aliphatic heterocycles. The van der Waals surface area contributed by atoms with Crippen LogP contribution >= 0.6 is 27.5 Å². The van der Waals surface area contributed by atoms with Gasteiger partial charge in [-0.3, -0.25) is 0 Å². The van der Waals surface area contributed by atoms with Gasteiger partial charge in [0.15, 0.2) is 5.22 Å². The minimum atomic E-state index is -0.292. The second-order valence-electron chi connectivity index (χ2n) is 3.70. The quantitative estimate of drug-likeness (QED) is 0.926. The number of halogens is 3. The van der Waals surface area contributed by atoms with Crippen molar-refractivity contribution in [3.63, 3.8) is 0 Å². The van der Waals surface area contributed by atoms with Crippen LogP contribution in [0.3, 0.4) is 0 Å². The highest BCUT2D eigenvalue weighted by Gasteiger charge is 2.12. The summed E-state index contributed by atoms with van der Waals surface area (Å²) in [7, 11) is 0. The van der Waals surface area contributed by atoms with Crippen LogP contribution < -0.4 is 5.73 Å². The second kappa shape index (κ2) is 5.21. The summed E-state index contributed by atoms with van der Waals surface area (Å²) in [6.07, 6.45) is 0.558. The molecule has 1 heterocycles. The van der Waals surface area contributed by atoms with Crippen LogP contribution in [0.25, 0.3) is 0 Å². The fraction of sp³-hybridized carbons (Fsp3) is 0.167. The van der Waals surface area contributed by atoms with E-state index in [-0.39, 0.29) is 11.9 Å². The first-order valence-electron chi connectivity index (χ1n) is 5.01. The van der Waals surface area contributed by atoms with Crippen molar-refractivity contribution in [2.24, 2.45) is 5.73 Å². The summed E-state index contributed by atoms with van der Waals surface area (Å²) in [5.74, 6) is 0.332. The first kappa shape index (κ1) is 12.6. The number of hydrogen-bond donors (Lipinski definition) is 1. The van der Waals surface area contributed by atoms with Crippen LogP contribution in [0.1, 0.15) is 17.4 Å². The Kier molecular flexibility index (Phi) is 3.86. The maximum Gasteiger partial charge on any atom is 0.193 e. The second-order valence-corrected chi connectivity index (χ2v) is 4.93. The molecule has 1 aromatic heterocycles. The average Bonchev–Trinajstić information content (AvgIpc) is 2.70. The lowest BCUT2D eigenvalue weighted by Crippen LogP contribution is -2.12. The van der Waals surface area contributed by atoms with Gasteiger partial charge in [0.2, 0.25) is 0 Å². The van der Waals surface area contributed by atoms with Gasteiger partial charge in [-0.15, -0.1) is 0 Å². The molecule has 2 rings (SSSR count). The number of rotatable bonds is 3. The zero-order valence-electron chi connectivity index (χ0n) is 8.79. The SMILES string of the molecule is NC(Cc1ccc(F)c(Br)c1)c1ccc(Cl)o1. The molecular weight excluding hydrogens is 308 g/mol. The molecule has 90 valence electrons. The maximum atomic E-state index is 13.0. The molecule has 0 saturated carbocycles. The minimum Gasteiger partial charge on any atom is -0.448 e. The predicted molar refractivity (Wildman–Crippen MR) is 68.5 cm³/mol. The third-order valence-corrected chi connectivity index (χ3v) is 3.21. The Bertz CT molecular complexity index is 529. The molecular formula is C12H10BrClFNO. The normalized spacial score (nSPS) is 12.7.